The van der Waals surface area contributed by atoms with Crippen molar-refractivity contribution in [2.24, 2.45) is 5.92 Å². The number of hydrogen-bond acceptors (Lipinski definition) is 3. The third kappa shape index (κ3) is 3.33. The van der Waals surface area contributed by atoms with E-state index in [0.29, 0.717) is 6.61 Å². The predicted molar refractivity (Wildman–Crippen MR) is 70.7 cm³/mol. The summed E-state index contributed by atoms with van der Waals surface area (Å²) in [6, 6.07) is 7.94. The van der Waals surface area contributed by atoms with Crippen molar-refractivity contribution in [3.8, 4) is 0 Å². The summed E-state index contributed by atoms with van der Waals surface area (Å²) >= 11 is 1.80. The number of rotatable bonds is 4. The average molecular weight is 250 g/mol. The quantitative estimate of drug-likeness (QED) is 0.605. The highest BCUT2D eigenvalue weighted by Crippen LogP contribution is 2.22. The lowest BCUT2D eigenvalue weighted by atomic mass is 9.93. The van der Waals surface area contributed by atoms with Crippen LogP contribution in [0.1, 0.15) is 30.1 Å². The van der Waals surface area contributed by atoms with Crippen LogP contribution < -0.4 is 0 Å². The fourth-order valence-corrected chi connectivity index (χ4v) is 2.73. The summed E-state index contributed by atoms with van der Waals surface area (Å²) < 4.78 is 5.36. The fraction of sp³-hybridized carbons (Fsp3) is 0.500. The smallest absolute Gasteiger partial charge is 0.168 e. The molecule has 1 heterocycles. The number of carbonyl (C=O) groups is 1. The van der Waals surface area contributed by atoms with Crippen LogP contribution in [0, 0.1) is 5.92 Å². The summed E-state index contributed by atoms with van der Waals surface area (Å²) in [6.07, 6.45) is 1.96. The molecule has 2 nitrogen and oxygen atoms in total. The molecule has 0 N–H and O–H groups in total. The Hall–Kier alpha value is -0.800. The maximum atomic E-state index is 12.2. The third-order valence-electron chi connectivity index (χ3n) is 2.98. The maximum Gasteiger partial charge on any atom is 0.168 e. The molecule has 0 spiro atoms. The second kappa shape index (κ2) is 6.22. The van der Waals surface area contributed by atoms with Crippen LogP contribution in [-0.2, 0) is 4.74 Å². The lowest BCUT2D eigenvalue weighted by Gasteiger charge is -2.20. The highest BCUT2D eigenvalue weighted by Gasteiger charge is 2.22. The van der Waals surface area contributed by atoms with Gasteiger partial charge in [-0.2, -0.15) is 0 Å². The van der Waals surface area contributed by atoms with Gasteiger partial charge in [0.05, 0.1) is 6.61 Å². The summed E-state index contributed by atoms with van der Waals surface area (Å²) in [4.78, 5) is 13.4. The molecule has 0 saturated carbocycles. The normalized spacial score (nSPS) is 20.2. The number of carbonyl (C=O) groups excluding carboxylic acids is 1. The van der Waals surface area contributed by atoms with Gasteiger partial charge in [-0.15, -0.1) is 11.8 Å². The second-order valence-corrected chi connectivity index (χ2v) is 5.57. The second-order valence-electron chi connectivity index (χ2n) is 4.24. The minimum atomic E-state index is 0.0634. The largest absolute Gasteiger partial charge is 0.381 e. The molecule has 1 aliphatic rings. The molecule has 0 aromatic heterocycles. The van der Waals surface area contributed by atoms with E-state index in [4.69, 9.17) is 4.74 Å². The Kier molecular flexibility index (Phi) is 4.63. The van der Waals surface area contributed by atoms with E-state index in [0.717, 1.165) is 30.8 Å². The van der Waals surface area contributed by atoms with Crippen LogP contribution in [0.25, 0.3) is 0 Å². The first-order chi connectivity index (χ1) is 8.31. The van der Waals surface area contributed by atoms with Crippen molar-refractivity contribution in [3.63, 3.8) is 0 Å². The summed E-state index contributed by atoms with van der Waals surface area (Å²) in [7, 11) is 0. The molecule has 0 bridgehead atoms. The van der Waals surface area contributed by atoms with Crippen molar-refractivity contribution in [1.29, 1.82) is 0 Å². The Morgan fingerprint density at radius 3 is 2.76 bits per heavy atom. The number of Topliss-reactive ketones (excluding diaryl/α,β-unsaturated/α-hetero) is 1. The van der Waals surface area contributed by atoms with Gasteiger partial charge in [-0.25, -0.2) is 0 Å². The fourth-order valence-electron chi connectivity index (χ4n) is 2.07. The third-order valence-corrected chi connectivity index (χ3v) is 3.88. The zero-order valence-electron chi connectivity index (χ0n) is 10.1. The molecule has 1 atom stereocenters. The zero-order valence-corrected chi connectivity index (χ0v) is 11.0. The van der Waals surface area contributed by atoms with E-state index in [1.165, 1.54) is 4.90 Å². The topological polar surface area (TPSA) is 26.3 Å². The van der Waals surface area contributed by atoms with Gasteiger partial charge < -0.3 is 4.74 Å². The number of ether oxygens (including phenoxy) is 1. The highest BCUT2D eigenvalue weighted by atomic mass is 32.2. The van der Waals surface area contributed by atoms with E-state index in [-0.39, 0.29) is 11.7 Å². The average Bonchev–Trinajstić information content (AvgIpc) is 2.40. The molecular weight excluding hydrogens is 232 g/mol. The molecule has 1 aromatic rings. The SMILES string of the molecule is CCSc1ccc(C(=O)C2CCCOC2)cc1. The summed E-state index contributed by atoms with van der Waals surface area (Å²) in [5, 5.41) is 0. The Bertz CT molecular complexity index is 366. The van der Waals surface area contributed by atoms with Gasteiger partial charge in [0.25, 0.3) is 0 Å². The first kappa shape index (κ1) is 12.7. The van der Waals surface area contributed by atoms with Gasteiger partial charge in [0.15, 0.2) is 5.78 Å². The van der Waals surface area contributed by atoms with E-state index in [1.54, 1.807) is 11.8 Å². The zero-order chi connectivity index (χ0) is 12.1. The van der Waals surface area contributed by atoms with Crippen molar-refractivity contribution in [1.82, 2.24) is 0 Å². The monoisotopic (exact) mass is 250 g/mol. The van der Waals surface area contributed by atoms with Gasteiger partial charge >= 0.3 is 0 Å². The van der Waals surface area contributed by atoms with Gasteiger partial charge in [-0.3, -0.25) is 4.79 Å². The van der Waals surface area contributed by atoms with Gasteiger partial charge in [0.1, 0.15) is 0 Å². The van der Waals surface area contributed by atoms with Gasteiger partial charge in [0.2, 0.25) is 0 Å². The van der Waals surface area contributed by atoms with E-state index in [9.17, 15) is 4.79 Å². The number of thioether (sulfide) groups is 1. The summed E-state index contributed by atoms with van der Waals surface area (Å²) in [5.41, 5.74) is 0.820. The summed E-state index contributed by atoms with van der Waals surface area (Å²) in [5.74, 6) is 1.36. The standard InChI is InChI=1S/C14H18O2S/c1-2-17-13-7-5-11(6-8-13)14(15)12-4-3-9-16-10-12/h5-8,12H,2-4,9-10H2,1H3. The molecule has 1 aromatic carbocycles. The Balaban J connectivity index is 2.03. The van der Waals surface area contributed by atoms with Crippen LogP contribution in [-0.4, -0.2) is 24.7 Å². The van der Waals surface area contributed by atoms with E-state index < -0.39 is 0 Å². The Morgan fingerprint density at radius 2 is 2.18 bits per heavy atom. The van der Waals surface area contributed by atoms with Gasteiger partial charge in [0, 0.05) is 23.0 Å². The van der Waals surface area contributed by atoms with Gasteiger partial charge in [-0.05, 0) is 30.7 Å². The lowest BCUT2D eigenvalue weighted by molar-refractivity contribution is 0.0461. The first-order valence-corrected chi connectivity index (χ1v) is 7.14. The molecule has 0 amide bonds. The number of benzene rings is 1. The Morgan fingerprint density at radius 1 is 1.41 bits per heavy atom. The van der Waals surface area contributed by atoms with Crippen LogP contribution in [0.15, 0.2) is 29.2 Å². The molecule has 1 aliphatic heterocycles. The van der Waals surface area contributed by atoms with Crippen molar-refractivity contribution in [3.05, 3.63) is 29.8 Å². The minimum absolute atomic E-state index is 0.0634. The molecule has 1 saturated heterocycles. The predicted octanol–water partition coefficient (Wildman–Crippen LogP) is 3.41. The van der Waals surface area contributed by atoms with Crippen molar-refractivity contribution in [2.45, 2.75) is 24.7 Å². The molecule has 3 heteroatoms. The van der Waals surface area contributed by atoms with Crippen LogP contribution >= 0.6 is 11.8 Å². The molecule has 1 fully saturated rings. The van der Waals surface area contributed by atoms with Crippen LogP contribution in [0.3, 0.4) is 0 Å². The molecular formula is C14H18O2S. The first-order valence-electron chi connectivity index (χ1n) is 6.16. The molecule has 0 radical (unpaired) electrons. The van der Waals surface area contributed by atoms with E-state index in [1.807, 2.05) is 24.3 Å². The van der Waals surface area contributed by atoms with Crippen molar-refractivity contribution < 1.29 is 9.53 Å². The Labute approximate surface area is 107 Å². The molecule has 17 heavy (non-hydrogen) atoms. The number of hydrogen-bond donors (Lipinski definition) is 0. The van der Waals surface area contributed by atoms with Crippen molar-refractivity contribution >= 4 is 17.5 Å². The maximum absolute atomic E-state index is 12.2. The molecule has 1 unspecified atom stereocenters. The number of ketones is 1. The van der Waals surface area contributed by atoms with Gasteiger partial charge in [-0.1, -0.05) is 19.1 Å². The minimum Gasteiger partial charge on any atom is -0.381 e. The highest BCUT2D eigenvalue weighted by molar-refractivity contribution is 7.99. The molecule has 0 aliphatic carbocycles. The molecule has 2 rings (SSSR count). The van der Waals surface area contributed by atoms with Crippen LogP contribution in [0.2, 0.25) is 0 Å². The molecule has 92 valence electrons. The summed E-state index contributed by atoms with van der Waals surface area (Å²) in [6.45, 7) is 3.52. The van der Waals surface area contributed by atoms with Crippen molar-refractivity contribution in [2.75, 3.05) is 19.0 Å². The lowest BCUT2D eigenvalue weighted by Crippen LogP contribution is -2.25. The van der Waals surface area contributed by atoms with Crippen LogP contribution in [0.4, 0.5) is 0 Å². The van der Waals surface area contributed by atoms with E-state index in [2.05, 4.69) is 6.92 Å². The van der Waals surface area contributed by atoms with Crippen LogP contribution in [0.5, 0.6) is 0 Å². The van der Waals surface area contributed by atoms with E-state index >= 15 is 0 Å².